The lowest BCUT2D eigenvalue weighted by Crippen LogP contribution is -2.17. The number of anilines is 1. The van der Waals surface area contributed by atoms with E-state index in [2.05, 4.69) is 24.6 Å². The van der Waals surface area contributed by atoms with Crippen LogP contribution in [-0.4, -0.2) is 25.2 Å². The number of aromatic amines is 1. The van der Waals surface area contributed by atoms with Crippen molar-refractivity contribution in [2.45, 2.75) is 26.2 Å². The molecule has 2 rings (SSSR count). The Labute approximate surface area is 113 Å². The van der Waals surface area contributed by atoms with Crippen LogP contribution >= 0.6 is 11.5 Å². The first-order chi connectivity index (χ1) is 8.86. The van der Waals surface area contributed by atoms with Crippen LogP contribution in [0.2, 0.25) is 0 Å². The van der Waals surface area contributed by atoms with Gasteiger partial charge in [-0.2, -0.15) is 4.37 Å². The molecule has 2 heterocycles. The molecule has 0 aliphatic rings. The summed E-state index contributed by atoms with van der Waals surface area (Å²) in [7, 11) is 0. The second-order valence-electron chi connectivity index (χ2n) is 4.92. The minimum atomic E-state index is -0.437. The number of amides is 1. The maximum atomic E-state index is 11.8. The van der Waals surface area contributed by atoms with Gasteiger partial charge in [0.2, 0.25) is 5.13 Å². The van der Waals surface area contributed by atoms with Gasteiger partial charge in [0.25, 0.3) is 11.5 Å². The molecule has 2 aromatic heterocycles. The van der Waals surface area contributed by atoms with E-state index in [1.165, 1.54) is 6.20 Å². The summed E-state index contributed by atoms with van der Waals surface area (Å²) < 4.78 is 4.19. The van der Waals surface area contributed by atoms with Crippen LogP contribution < -0.4 is 10.9 Å². The number of H-pyrrole nitrogens is 1. The number of rotatable bonds is 2. The molecule has 2 N–H and O–H groups in total. The zero-order valence-corrected chi connectivity index (χ0v) is 11.5. The molecule has 0 aliphatic heterocycles. The van der Waals surface area contributed by atoms with Crippen molar-refractivity contribution in [2.75, 3.05) is 5.32 Å². The predicted molar refractivity (Wildman–Crippen MR) is 71.4 cm³/mol. The Bertz CT molecular complexity index is 635. The Balaban J connectivity index is 2.13. The second kappa shape index (κ2) is 4.88. The molecule has 0 radical (unpaired) electrons. The lowest BCUT2D eigenvalue weighted by atomic mass is 9.96. The standard InChI is InChI=1S/C11H13N5O2S/c1-11(2,3)9-15-10(19-16-9)14-8(18)6-4-13-7(17)5-12-6/h4-5H,1-3H3,(H,13,17)(H,14,15,16,18). The minimum absolute atomic E-state index is 0.118. The van der Waals surface area contributed by atoms with E-state index in [1.807, 2.05) is 20.8 Å². The first kappa shape index (κ1) is 13.3. The maximum absolute atomic E-state index is 11.8. The third-order valence-electron chi connectivity index (χ3n) is 2.22. The Kier molecular flexibility index (Phi) is 3.43. The fourth-order valence-corrected chi connectivity index (χ4v) is 1.96. The lowest BCUT2D eigenvalue weighted by Gasteiger charge is -2.12. The molecule has 0 aromatic carbocycles. The molecule has 0 saturated heterocycles. The van der Waals surface area contributed by atoms with Gasteiger partial charge in [-0.15, -0.1) is 0 Å². The Morgan fingerprint density at radius 2 is 2.16 bits per heavy atom. The van der Waals surface area contributed by atoms with Crippen molar-refractivity contribution < 1.29 is 4.79 Å². The van der Waals surface area contributed by atoms with Crippen molar-refractivity contribution in [3.63, 3.8) is 0 Å². The van der Waals surface area contributed by atoms with Crippen LogP contribution in [0, 0.1) is 0 Å². The number of nitrogens with one attached hydrogen (secondary N) is 2. The van der Waals surface area contributed by atoms with Crippen LogP contribution in [0.15, 0.2) is 17.2 Å². The van der Waals surface area contributed by atoms with Crippen LogP contribution in [0.4, 0.5) is 5.13 Å². The molecule has 1 amide bonds. The molecule has 0 fully saturated rings. The van der Waals surface area contributed by atoms with E-state index < -0.39 is 5.91 Å². The topological polar surface area (TPSA) is 101 Å². The van der Waals surface area contributed by atoms with Crippen molar-refractivity contribution in [2.24, 2.45) is 0 Å². The van der Waals surface area contributed by atoms with Gasteiger partial charge in [0.15, 0.2) is 0 Å². The molecule has 0 unspecified atom stereocenters. The molecule has 0 saturated carbocycles. The molecule has 2 aromatic rings. The highest BCUT2D eigenvalue weighted by Crippen LogP contribution is 2.22. The number of nitrogens with zero attached hydrogens (tertiary/aromatic N) is 3. The van der Waals surface area contributed by atoms with Crippen molar-refractivity contribution in [3.8, 4) is 0 Å². The Morgan fingerprint density at radius 1 is 1.42 bits per heavy atom. The van der Waals surface area contributed by atoms with Gasteiger partial charge in [-0.3, -0.25) is 14.9 Å². The molecule has 7 nitrogen and oxygen atoms in total. The molecule has 0 spiro atoms. The fraction of sp³-hybridized carbons (Fsp3) is 0.364. The molecular weight excluding hydrogens is 266 g/mol. The minimum Gasteiger partial charge on any atom is -0.325 e. The van der Waals surface area contributed by atoms with E-state index in [-0.39, 0.29) is 16.7 Å². The number of aromatic nitrogens is 4. The summed E-state index contributed by atoms with van der Waals surface area (Å²) in [5.41, 5.74) is -0.412. The molecule has 19 heavy (non-hydrogen) atoms. The first-order valence-corrected chi connectivity index (χ1v) is 6.34. The molecular formula is C11H13N5O2S. The Hall–Kier alpha value is -2.09. The van der Waals surface area contributed by atoms with Crippen molar-refractivity contribution in [1.29, 1.82) is 0 Å². The third kappa shape index (κ3) is 3.22. The monoisotopic (exact) mass is 279 g/mol. The van der Waals surface area contributed by atoms with E-state index >= 15 is 0 Å². The number of carbonyl (C=O) groups is 1. The summed E-state index contributed by atoms with van der Waals surface area (Å²) in [6, 6.07) is 0. The molecule has 0 aliphatic carbocycles. The highest BCUT2D eigenvalue weighted by molar-refractivity contribution is 7.09. The van der Waals surface area contributed by atoms with Crippen LogP contribution in [-0.2, 0) is 5.41 Å². The van der Waals surface area contributed by atoms with Crippen molar-refractivity contribution in [1.82, 2.24) is 19.3 Å². The van der Waals surface area contributed by atoms with E-state index in [1.54, 1.807) is 0 Å². The van der Waals surface area contributed by atoms with Gasteiger partial charge in [-0.25, -0.2) is 9.97 Å². The maximum Gasteiger partial charge on any atom is 0.277 e. The Morgan fingerprint density at radius 3 is 2.68 bits per heavy atom. The SMILES string of the molecule is CC(C)(C)c1nsc(NC(=O)c2c[nH]c(=O)cn2)n1. The predicted octanol–water partition coefficient (Wildman–Crippen LogP) is 1.17. The van der Waals surface area contributed by atoms with Crippen LogP contribution in [0.1, 0.15) is 37.1 Å². The molecule has 0 bridgehead atoms. The number of carbonyl (C=O) groups excluding carboxylic acids is 1. The highest BCUT2D eigenvalue weighted by atomic mass is 32.1. The van der Waals surface area contributed by atoms with Crippen molar-refractivity contribution >= 4 is 22.6 Å². The molecule has 100 valence electrons. The van der Waals surface area contributed by atoms with E-state index in [0.29, 0.717) is 11.0 Å². The smallest absolute Gasteiger partial charge is 0.277 e. The van der Waals surface area contributed by atoms with Gasteiger partial charge >= 0.3 is 0 Å². The van der Waals surface area contributed by atoms with Gasteiger partial charge in [0.05, 0.1) is 6.20 Å². The second-order valence-corrected chi connectivity index (χ2v) is 5.68. The summed E-state index contributed by atoms with van der Waals surface area (Å²) in [5.74, 6) is 0.232. The average molecular weight is 279 g/mol. The van der Waals surface area contributed by atoms with Crippen LogP contribution in [0.3, 0.4) is 0 Å². The third-order valence-corrected chi connectivity index (χ3v) is 2.85. The normalized spacial score (nSPS) is 11.3. The lowest BCUT2D eigenvalue weighted by molar-refractivity contribution is 0.102. The van der Waals surface area contributed by atoms with Gasteiger partial charge in [0.1, 0.15) is 11.5 Å². The summed E-state index contributed by atoms with van der Waals surface area (Å²) in [5, 5.41) is 3.00. The zero-order chi connectivity index (χ0) is 14.0. The number of hydrogen-bond acceptors (Lipinski definition) is 6. The summed E-state index contributed by atoms with van der Waals surface area (Å²) in [6.07, 6.45) is 2.30. The van der Waals surface area contributed by atoms with Crippen molar-refractivity contribution in [3.05, 3.63) is 34.3 Å². The molecule has 0 atom stereocenters. The van der Waals surface area contributed by atoms with E-state index in [9.17, 15) is 9.59 Å². The van der Waals surface area contributed by atoms with Gasteiger partial charge in [-0.05, 0) is 0 Å². The summed E-state index contributed by atoms with van der Waals surface area (Å²) >= 11 is 1.11. The molecule has 8 heteroatoms. The van der Waals surface area contributed by atoms with E-state index in [0.717, 1.165) is 17.7 Å². The van der Waals surface area contributed by atoms with Crippen LogP contribution in [0.25, 0.3) is 0 Å². The van der Waals surface area contributed by atoms with Crippen LogP contribution in [0.5, 0.6) is 0 Å². The summed E-state index contributed by atoms with van der Waals surface area (Å²) in [4.78, 5) is 33.0. The van der Waals surface area contributed by atoms with Gasteiger partial charge in [0, 0.05) is 23.1 Å². The number of hydrogen-bond donors (Lipinski definition) is 2. The quantitative estimate of drug-likeness (QED) is 0.859. The zero-order valence-electron chi connectivity index (χ0n) is 10.7. The fourth-order valence-electron chi connectivity index (χ4n) is 1.21. The van der Waals surface area contributed by atoms with Gasteiger partial charge < -0.3 is 4.98 Å². The first-order valence-electron chi connectivity index (χ1n) is 5.56. The average Bonchev–Trinajstić information content (AvgIpc) is 2.78. The van der Waals surface area contributed by atoms with Gasteiger partial charge in [-0.1, -0.05) is 20.8 Å². The van der Waals surface area contributed by atoms with E-state index in [4.69, 9.17) is 0 Å². The summed E-state index contributed by atoms with van der Waals surface area (Å²) in [6.45, 7) is 5.97. The largest absolute Gasteiger partial charge is 0.325 e. The highest BCUT2D eigenvalue weighted by Gasteiger charge is 2.20.